The van der Waals surface area contributed by atoms with Gasteiger partial charge >= 0.3 is 0 Å². The number of nitrogens with one attached hydrogen (secondary N) is 2. The highest BCUT2D eigenvalue weighted by Gasteiger charge is 2.23. The molecule has 0 aliphatic heterocycles. The summed E-state index contributed by atoms with van der Waals surface area (Å²) in [4.78, 5) is 3.62. The van der Waals surface area contributed by atoms with Crippen molar-refractivity contribution in [2.24, 2.45) is 0 Å². The average Bonchev–Trinajstić information content (AvgIpc) is 2.99. The molecule has 23 heavy (non-hydrogen) atoms. The molecule has 1 aromatic heterocycles. The first kappa shape index (κ1) is 14.3. The number of fused-ring (bicyclic) bond motifs is 3. The molecular formula is C20H22N2O. The Morgan fingerprint density at radius 2 is 1.87 bits per heavy atom. The lowest BCUT2D eigenvalue weighted by molar-refractivity contribution is 0.300. The fourth-order valence-electron chi connectivity index (χ4n) is 3.54. The molecule has 1 aliphatic carbocycles. The molecule has 0 spiro atoms. The SMILES string of the molecule is c1ccc(OCCNC2CCCc3c2[nH]c2ccccc32)cc1. The summed E-state index contributed by atoms with van der Waals surface area (Å²) in [7, 11) is 0. The lowest BCUT2D eigenvalue weighted by atomic mass is 9.92. The van der Waals surface area contributed by atoms with Gasteiger partial charge in [-0.2, -0.15) is 0 Å². The number of hydrogen-bond acceptors (Lipinski definition) is 2. The van der Waals surface area contributed by atoms with Gasteiger partial charge in [0, 0.05) is 29.2 Å². The first-order valence-electron chi connectivity index (χ1n) is 8.42. The van der Waals surface area contributed by atoms with Crippen LogP contribution in [0.25, 0.3) is 10.9 Å². The Hall–Kier alpha value is -2.26. The average molecular weight is 306 g/mol. The van der Waals surface area contributed by atoms with E-state index in [2.05, 4.69) is 34.6 Å². The Balaban J connectivity index is 1.41. The zero-order valence-corrected chi connectivity index (χ0v) is 13.2. The molecule has 4 rings (SSSR count). The van der Waals surface area contributed by atoms with Crippen LogP contribution in [-0.2, 0) is 6.42 Å². The predicted molar refractivity (Wildman–Crippen MR) is 93.9 cm³/mol. The standard InChI is InChI=1S/C20H22N2O/c1-2-7-15(8-3-1)23-14-13-21-19-12-6-10-17-16-9-4-5-11-18(16)22-20(17)19/h1-5,7-9,11,19,21-22H,6,10,12-14H2. The summed E-state index contributed by atoms with van der Waals surface area (Å²) in [6.45, 7) is 1.55. The van der Waals surface area contributed by atoms with Crippen LogP contribution in [0.1, 0.15) is 30.1 Å². The second kappa shape index (κ2) is 6.47. The van der Waals surface area contributed by atoms with Crippen molar-refractivity contribution in [1.29, 1.82) is 0 Å². The molecule has 0 radical (unpaired) electrons. The van der Waals surface area contributed by atoms with Gasteiger partial charge in [-0.05, 0) is 43.0 Å². The zero-order valence-electron chi connectivity index (χ0n) is 13.2. The monoisotopic (exact) mass is 306 g/mol. The molecule has 2 N–H and O–H groups in total. The van der Waals surface area contributed by atoms with Crippen LogP contribution in [0, 0.1) is 0 Å². The third kappa shape index (κ3) is 2.97. The minimum Gasteiger partial charge on any atom is -0.492 e. The molecule has 0 amide bonds. The summed E-state index contributed by atoms with van der Waals surface area (Å²) in [5, 5.41) is 5.04. The van der Waals surface area contributed by atoms with Gasteiger partial charge in [-0.1, -0.05) is 36.4 Å². The van der Waals surface area contributed by atoms with E-state index in [-0.39, 0.29) is 0 Å². The van der Waals surface area contributed by atoms with Gasteiger partial charge < -0.3 is 15.0 Å². The summed E-state index contributed by atoms with van der Waals surface area (Å²) in [6.07, 6.45) is 3.61. The molecule has 1 unspecified atom stereocenters. The molecule has 118 valence electrons. The van der Waals surface area contributed by atoms with E-state index >= 15 is 0 Å². The number of H-pyrrole nitrogens is 1. The molecule has 0 saturated heterocycles. The van der Waals surface area contributed by atoms with Gasteiger partial charge in [0.05, 0.1) is 0 Å². The third-order valence-electron chi connectivity index (χ3n) is 4.62. The fraction of sp³-hybridized carbons (Fsp3) is 0.300. The highest BCUT2D eigenvalue weighted by molar-refractivity contribution is 5.85. The van der Waals surface area contributed by atoms with Crippen LogP contribution in [0.5, 0.6) is 5.75 Å². The van der Waals surface area contributed by atoms with Crippen LogP contribution in [0.15, 0.2) is 54.6 Å². The van der Waals surface area contributed by atoms with Gasteiger partial charge in [-0.15, -0.1) is 0 Å². The zero-order chi connectivity index (χ0) is 15.5. The van der Waals surface area contributed by atoms with E-state index < -0.39 is 0 Å². The number of ether oxygens (including phenoxy) is 1. The highest BCUT2D eigenvalue weighted by atomic mass is 16.5. The number of aryl methyl sites for hydroxylation is 1. The molecule has 1 aliphatic rings. The van der Waals surface area contributed by atoms with Crippen LogP contribution in [-0.4, -0.2) is 18.1 Å². The molecule has 2 aromatic carbocycles. The number of hydrogen-bond donors (Lipinski definition) is 2. The number of para-hydroxylation sites is 2. The van der Waals surface area contributed by atoms with Crippen molar-refractivity contribution in [3.05, 3.63) is 65.9 Å². The molecule has 0 bridgehead atoms. The van der Waals surface area contributed by atoms with Crippen LogP contribution >= 0.6 is 0 Å². The Labute approximate surface area is 136 Å². The summed E-state index contributed by atoms with van der Waals surface area (Å²) in [5.74, 6) is 0.934. The Morgan fingerprint density at radius 3 is 2.78 bits per heavy atom. The Kier molecular flexibility index (Phi) is 4.03. The van der Waals surface area contributed by atoms with Gasteiger partial charge in [0.2, 0.25) is 0 Å². The second-order valence-corrected chi connectivity index (χ2v) is 6.12. The van der Waals surface area contributed by atoms with Crippen LogP contribution in [0.4, 0.5) is 0 Å². The number of aromatic amines is 1. The maximum Gasteiger partial charge on any atom is 0.119 e. The maximum atomic E-state index is 5.77. The van der Waals surface area contributed by atoms with Gasteiger partial charge in [0.25, 0.3) is 0 Å². The topological polar surface area (TPSA) is 37.0 Å². The molecule has 0 saturated carbocycles. The smallest absolute Gasteiger partial charge is 0.119 e. The molecule has 0 fully saturated rings. The Morgan fingerprint density at radius 1 is 1.04 bits per heavy atom. The fourth-order valence-corrected chi connectivity index (χ4v) is 3.54. The maximum absolute atomic E-state index is 5.77. The van der Waals surface area contributed by atoms with Crippen LogP contribution in [0.3, 0.4) is 0 Å². The number of rotatable bonds is 5. The van der Waals surface area contributed by atoms with E-state index in [1.165, 1.54) is 41.4 Å². The van der Waals surface area contributed by atoms with Crippen molar-refractivity contribution < 1.29 is 4.74 Å². The number of aromatic nitrogens is 1. The van der Waals surface area contributed by atoms with Gasteiger partial charge in [-0.3, -0.25) is 0 Å². The van der Waals surface area contributed by atoms with E-state index in [0.717, 1.165) is 12.3 Å². The van der Waals surface area contributed by atoms with Gasteiger partial charge in [-0.25, -0.2) is 0 Å². The van der Waals surface area contributed by atoms with E-state index in [9.17, 15) is 0 Å². The lowest BCUT2D eigenvalue weighted by Crippen LogP contribution is -2.29. The minimum absolute atomic E-state index is 0.408. The first-order chi connectivity index (χ1) is 11.4. The quantitative estimate of drug-likeness (QED) is 0.693. The molecule has 3 heteroatoms. The summed E-state index contributed by atoms with van der Waals surface area (Å²) < 4.78 is 5.77. The molecular weight excluding hydrogens is 284 g/mol. The summed E-state index contributed by atoms with van der Waals surface area (Å²) in [6, 6.07) is 19.0. The van der Waals surface area contributed by atoms with Gasteiger partial charge in [0.15, 0.2) is 0 Å². The van der Waals surface area contributed by atoms with Crippen molar-refractivity contribution in [2.75, 3.05) is 13.2 Å². The van der Waals surface area contributed by atoms with Crippen molar-refractivity contribution in [3.8, 4) is 5.75 Å². The number of benzene rings is 2. The van der Waals surface area contributed by atoms with Crippen molar-refractivity contribution in [3.63, 3.8) is 0 Å². The highest BCUT2D eigenvalue weighted by Crippen LogP contribution is 2.34. The normalized spacial score (nSPS) is 17.1. The lowest BCUT2D eigenvalue weighted by Gasteiger charge is -2.24. The summed E-state index contributed by atoms with van der Waals surface area (Å²) >= 11 is 0. The molecule has 3 aromatic rings. The van der Waals surface area contributed by atoms with E-state index in [1.807, 2.05) is 30.3 Å². The van der Waals surface area contributed by atoms with E-state index in [4.69, 9.17) is 4.74 Å². The largest absolute Gasteiger partial charge is 0.492 e. The van der Waals surface area contributed by atoms with Crippen LogP contribution < -0.4 is 10.1 Å². The van der Waals surface area contributed by atoms with Crippen molar-refractivity contribution >= 4 is 10.9 Å². The second-order valence-electron chi connectivity index (χ2n) is 6.12. The van der Waals surface area contributed by atoms with E-state index in [0.29, 0.717) is 12.6 Å². The van der Waals surface area contributed by atoms with Gasteiger partial charge in [0.1, 0.15) is 12.4 Å². The predicted octanol–water partition coefficient (Wildman–Crippen LogP) is 4.21. The third-order valence-corrected chi connectivity index (χ3v) is 4.62. The molecule has 3 nitrogen and oxygen atoms in total. The Bertz CT molecular complexity index is 779. The van der Waals surface area contributed by atoms with Crippen molar-refractivity contribution in [1.82, 2.24) is 10.3 Å². The van der Waals surface area contributed by atoms with E-state index in [1.54, 1.807) is 0 Å². The van der Waals surface area contributed by atoms with Crippen LogP contribution in [0.2, 0.25) is 0 Å². The molecule has 1 atom stereocenters. The molecule has 1 heterocycles. The van der Waals surface area contributed by atoms with Crippen molar-refractivity contribution in [2.45, 2.75) is 25.3 Å². The minimum atomic E-state index is 0.408. The first-order valence-corrected chi connectivity index (χ1v) is 8.42. The summed E-state index contributed by atoms with van der Waals surface area (Å²) in [5.41, 5.74) is 4.12.